The van der Waals surface area contributed by atoms with Crippen molar-refractivity contribution in [1.29, 1.82) is 0 Å². The van der Waals surface area contributed by atoms with Crippen LogP contribution in [0.15, 0.2) is 5.16 Å². The van der Waals surface area contributed by atoms with Gasteiger partial charge in [-0.2, -0.15) is 5.48 Å². The lowest BCUT2D eigenvalue weighted by Gasteiger charge is -2.16. The first-order valence-electron chi connectivity index (χ1n) is 4.60. The van der Waals surface area contributed by atoms with Crippen LogP contribution < -0.4 is 5.48 Å². The van der Waals surface area contributed by atoms with Crippen LogP contribution in [0.1, 0.15) is 34.1 Å². The third-order valence-corrected chi connectivity index (χ3v) is 1.92. The molecule has 5 nitrogen and oxygen atoms in total. The van der Waals surface area contributed by atoms with Crippen molar-refractivity contribution in [3.63, 3.8) is 0 Å². The van der Waals surface area contributed by atoms with Crippen LogP contribution in [0.4, 0.5) is 0 Å². The molecule has 0 bridgehead atoms. The molecular formula is C9H16N2O3. The van der Waals surface area contributed by atoms with Gasteiger partial charge in [0.25, 0.3) is 0 Å². The summed E-state index contributed by atoms with van der Waals surface area (Å²) in [5.41, 5.74) is 2.51. The van der Waals surface area contributed by atoms with E-state index in [-0.39, 0.29) is 6.04 Å². The standard InChI is InChI=1S/C9H16N2O3/c1-6(2)10-13-8(12)9(4)5-7(3)11-14-9/h7,11H,5H2,1-4H3. The van der Waals surface area contributed by atoms with E-state index in [1.54, 1.807) is 20.8 Å². The number of nitrogens with one attached hydrogen (secondary N) is 1. The molecule has 80 valence electrons. The Morgan fingerprint density at radius 1 is 1.64 bits per heavy atom. The predicted molar refractivity (Wildman–Crippen MR) is 51.6 cm³/mol. The third kappa shape index (κ3) is 2.52. The van der Waals surface area contributed by atoms with Crippen molar-refractivity contribution < 1.29 is 14.5 Å². The summed E-state index contributed by atoms with van der Waals surface area (Å²) in [4.78, 5) is 21.4. The highest BCUT2D eigenvalue weighted by Crippen LogP contribution is 2.24. The normalized spacial score (nSPS) is 31.3. The van der Waals surface area contributed by atoms with Gasteiger partial charge in [-0.3, -0.25) is 4.84 Å². The molecule has 0 saturated carbocycles. The van der Waals surface area contributed by atoms with E-state index >= 15 is 0 Å². The molecular weight excluding hydrogens is 184 g/mol. The molecule has 1 saturated heterocycles. The minimum atomic E-state index is -0.918. The van der Waals surface area contributed by atoms with Crippen molar-refractivity contribution in [3.8, 4) is 0 Å². The molecule has 0 aromatic heterocycles. The van der Waals surface area contributed by atoms with Gasteiger partial charge >= 0.3 is 5.97 Å². The zero-order valence-corrected chi connectivity index (χ0v) is 8.96. The molecule has 1 aliphatic rings. The van der Waals surface area contributed by atoms with Crippen molar-refractivity contribution in [2.45, 2.75) is 45.8 Å². The smallest absolute Gasteiger partial charge is 0.315 e. The highest BCUT2D eigenvalue weighted by atomic mass is 16.7. The summed E-state index contributed by atoms with van der Waals surface area (Å²) in [6.07, 6.45) is 0.587. The molecule has 1 aliphatic heterocycles. The number of hydrogen-bond acceptors (Lipinski definition) is 5. The first kappa shape index (κ1) is 11.1. The molecule has 5 heteroatoms. The Bertz CT molecular complexity index is 261. The summed E-state index contributed by atoms with van der Waals surface area (Å²) in [5.74, 6) is -0.462. The van der Waals surface area contributed by atoms with Gasteiger partial charge < -0.3 is 4.84 Å². The van der Waals surface area contributed by atoms with Crippen LogP contribution in [-0.4, -0.2) is 23.3 Å². The van der Waals surface area contributed by atoms with Crippen molar-refractivity contribution in [2.75, 3.05) is 0 Å². The van der Waals surface area contributed by atoms with Gasteiger partial charge in [0.05, 0.1) is 5.71 Å². The maximum Gasteiger partial charge on any atom is 0.368 e. The zero-order valence-electron chi connectivity index (χ0n) is 8.96. The second kappa shape index (κ2) is 4.06. The molecule has 1 heterocycles. The number of rotatable bonds is 2. The molecule has 1 fully saturated rings. The molecule has 1 rings (SSSR count). The molecule has 2 atom stereocenters. The van der Waals surface area contributed by atoms with Crippen LogP contribution in [0.2, 0.25) is 0 Å². The topological polar surface area (TPSA) is 59.9 Å². The number of carbonyl (C=O) groups excluding carboxylic acids is 1. The zero-order chi connectivity index (χ0) is 10.8. The molecule has 1 N–H and O–H groups in total. The summed E-state index contributed by atoms with van der Waals surface area (Å²) in [5, 5.41) is 3.60. The number of hydroxylamine groups is 1. The Kier molecular flexibility index (Phi) is 3.23. The fourth-order valence-corrected chi connectivity index (χ4v) is 1.25. The SMILES string of the molecule is CC(C)=NOC(=O)C1(C)CC(C)NO1. The fraction of sp³-hybridized carbons (Fsp3) is 0.778. The van der Waals surface area contributed by atoms with Gasteiger partial charge in [-0.15, -0.1) is 0 Å². The molecule has 0 aliphatic carbocycles. The van der Waals surface area contributed by atoms with E-state index in [1.165, 1.54) is 0 Å². The largest absolute Gasteiger partial charge is 0.368 e. The van der Waals surface area contributed by atoms with Crippen LogP contribution in [0.5, 0.6) is 0 Å². The number of carbonyl (C=O) groups is 1. The van der Waals surface area contributed by atoms with Gasteiger partial charge in [0.1, 0.15) is 0 Å². The molecule has 0 aromatic rings. The molecule has 0 amide bonds. The minimum Gasteiger partial charge on any atom is -0.315 e. The molecule has 14 heavy (non-hydrogen) atoms. The van der Waals surface area contributed by atoms with Crippen molar-refractivity contribution in [1.82, 2.24) is 5.48 Å². The maximum absolute atomic E-state index is 11.5. The van der Waals surface area contributed by atoms with Gasteiger partial charge in [-0.25, -0.2) is 4.79 Å². The molecule has 0 radical (unpaired) electrons. The van der Waals surface area contributed by atoms with Gasteiger partial charge in [0.15, 0.2) is 5.60 Å². The van der Waals surface area contributed by atoms with E-state index in [4.69, 9.17) is 9.68 Å². The predicted octanol–water partition coefficient (Wildman–Crippen LogP) is 0.998. The highest BCUT2D eigenvalue weighted by molar-refractivity contribution is 5.82. The lowest BCUT2D eigenvalue weighted by Crippen LogP contribution is -2.36. The Morgan fingerprint density at radius 3 is 2.71 bits per heavy atom. The Balaban J connectivity index is 2.56. The van der Waals surface area contributed by atoms with Crippen LogP contribution in [0.3, 0.4) is 0 Å². The van der Waals surface area contributed by atoms with Crippen LogP contribution in [-0.2, 0) is 14.5 Å². The third-order valence-electron chi connectivity index (χ3n) is 1.92. The molecule has 0 aromatic carbocycles. The Hall–Kier alpha value is -0.940. The van der Waals surface area contributed by atoms with E-state index in [2.05, 4.69) is 10.6 Å². The van der Waals surface area contributed by atoms with E-state index in [9.17, 15) is 4.79 Å². The summed E-state index contributed by atoms with van der Waals surface area (Å²) < 4.78 is 0. The second-order valence-electron chi connectivity index (χ2n) is 3.97. The molecule has 2 unspecified atom stereocenters. The van der Waals surface area contributed by atoms with Crippen molar-refractivity contribution in [3.05, 3.63) is 0 Å². The van der Waals surface area contributed by atoms with Crippen LogP contribution in [0.25, 0.3) is 0 Å². The summed E-state index contributed by atoms with van der Waals surface area (Å²) in [7, 11) is 0. The van der Waals surface area contributed by atoms with Gasteiger partial charge in [-0.05, 0) is 27.7 Å². The first-order valence-corrected chi connectivity index (χ1v) is 4.60. The Labute approximate surface area is 83.4 Å². The number of hydrogen-bond donors (Lipinski definition) is 1. The fourth-order valence-electron chi connectivity index (χ4n) is 1.25. The van der Waals surface area contributed by atoms with Gasteiger partial charge in [0.2, 0.25) is 0 Å². The van der Waals surface area contributed by atoms with Crippen molar-refractivity contribution in [2.24, 2.45) is 5.16 Å². The van der Waals surface area contributed by atoms with E-state index in [0.717, 1.165) is 0 Å². The van der Waals surface area contributed by atoms with E-state index in [0.29, 0.717) is 12.1 Å². The lowest BCUT2D eigenvalue weighted by molar-refractivity contribution is -0.170. The second-order valence-corrected chi connectivity index (χ2v) is 3.97. The average Bonchev–Trinajstić information content (AvgIpc) is 2.43. The summed E-state index contributed by atoms with van der Waals surface area (Å²) in [6.45, 7) is 7.14. The number of nitrogens with zero attached hydrogens (tertiary/aromatic N) is 1. The van der Waals surface area contributed by atoms with E-state index < -0.39 is 11.6 Å². The monoisotopic (exact) mass is 200 g/mol. The molecule has 0 spiro atoms. The summed E-state index contributed by atoms with van der Waals surface area (Å²) >= 11 is 0. The van der Waals surface area contributed by atoms with Crippen LogP contribution >= 0.6 is 0 Å². The first-order chi connectivity index (χ1) is 6.44. The highest BCUT2D eigenvalue weighted by Gasteiger charge is 2.43. The minimum absolute atomic E-state index is 0.152. The van der Waals surface area contributed by atoms with Crippen LogP contribution in [0, 0.1) is 0 Å². The quantitative estimate of drug-likeness (QED) is 0.410. The summed E-state index contributed by atoms with van der Waals surface area (Å²) in [6, 6.07) is 0.152. The van der Waals surface area contributed by atoms with E-state index in [1.807, 2.05) is 6.92 Å². The van der Waals surface area contributed by atoms with Gasteiger partial charge in [0, 0.05) is 12.5 Å². The number of oxime groups is 1. The Morgan fingerprint density at radius 2 is 2.29 bits per heavy atom. The van der Waals surface area contributed by atoms with Crippen molar-refractivity contribution >= 4 is 11.7 Å². The maximum atomic E-state index is 11.5. The van der Waals surface area contributed by atoms with Gasteiger partial charge in [-0.1, -0.05) is 5.16 Å². The lowest BCUT2D eigenvalue weighted by atomic mass is 10.0. The average molecular weight is 200 g/mol.